The van der Waals surface area contributed by atoms with Crippen LogP contribution < -0.4 is 4.72 Å². The molecular weight excluding hydrogens is 438 g/mol. The molecule has 0 bridgehead atoms. The third kappa shape index (κ3) is 4.87. The number of carbonyl (C=O) groups is 2. The molecule has 8 nitrogen and oxygen atoms in total. The van der Waals surface area contributed by atoms with Crippen molar-refractivity contribution < 1.29 is 22.4 Å². The zero-order chi connectivity index (χ0) is 21.8. The lowest BCUT2D eigenvalue weighted by Crippen LogP contribution is -2.50. The van der Waals surface area contributed by atoms with Crippen LogP contribution in [0.1, 0.15) is 25.8 Å². The molecule has 1 aliphatic rings. The molecule has 0 unspecified atom stereocenters. The maximum absolute atomic E-state index is 12.8. The van der Waals surface area contributed by atoms with Gasteiger partial charge in [-0.1, -0.05) is 6.07 Å². The molecule has 0 radical (unpaired) electrons. The lowest BCUT2D eigenvalue weighted by Gasteiger charge is -2.34. The molecule has 1 aliphatic heterocycles. The van der Waals surface area contributed by atoms with Crippen LogP contribution in [0.25, 0.3) is 0 Å². The Balaban J connectivity index is 1.35. The van der Waals surface area contributed by atoms with E-state index in [4.69, 9.17) is 4.42 Å². The van der Waals surface area contributed by atoms with Gasteiger partial charge in [-0.3, -0.25) is 9.59 Å². The summed E-state index contributed by atoms with van der Waals surface area (Å²) in [5.74, 6) is 0.307. The third-order valence-corrected chi connectivity index (χ3v) is 7.29. The molecule has 162 valence electrons. The quantitative estimate of drug-likeness (QED) is 0.610. The van der Waals surface area contributed by atoms with Gasteiger partial charge in [-0.15, -0.1) is 11.3 Å². The second-order valence-corrected chi connectivity index (χ2v) is 9.70. The minimum absolute atomic E-state index is 0.0151. The summed E-state index contributed by atoms with van der Waals surface area (Å²) in [4.78, 5) is 29.4. The van der Waals surface area contributed by atoms with Crippen LogP contribution in [0.4, 0.5) is 0 Å². The molecule has 1 fully saturated rings. The highest BCUT2D eigenvalue weighted by Crippen LogP contribution is 2.17. The van der Waals surface area contributed by atoms with Gasteiger partial charge in [0.1, 0.15) is 5.76 Å². The Bertz CT molecular complexity index is 1130. The van der Waals surface area contributed by atoms with E-state index in [9.17, 15) is 18.0 Å². The number of hydrogen-bond acceptors (Lipinski definition) is 6. The smallest absolute Gasteiger partial charge is 0.264 e. The second kappa shape index (κ2) is 9.04. The average Bonchev–Trinajstić information content (AvgIpc) is 3.51. The Hall–Kier alpha value is -2.95. The zero-order valence-corrected chi connectivity index (χ0v) is 18.2. The minimum atomic E-state index is -3.72. The Kier molecular flexibility index (Phi) is 6.21. The first-order valence-electron chi connectivity index (χ1n) is 9.68. The lowest BCUT2D eigenvalue weighted by molar-refractivity contribution is 0.0538. The second-order valence-electron chi connectivity index (χ2n) is 6.99. The normalized spacial score (nSPS) is 14.6. The van der Waals surface area contributed by atoms with Crippen molar-refractivity contribution in [3.05, 3.63) is 76.4 Å². The number of rotatable bonds is 6. The molecule has 2 amide bonds. The number of thiophene rings is 1. The maximum atomic E-state index is 12.8. The van der Waals surface area contributed by atoms with Gasteiger partial charge in [0.05, 0.1) is 22.6 Å². The van der Waals surface area contributed by atoms with Gasteiger partial charge in [0, 0.05) is 31.7 Å². The Morgan fingerprint density at radius 2 is 1.61 bits per heavy atom. The highest BCUT2D eigenvalue weighted by molar-refractivity contribution is 7.89. The summed E-state index contributed by atoms with van der Waals surface area (Å²) >= 11 is 1.40. The Morgan fingerprint density at radius 1 is 0.935 bits per heavy atom. The predicted molar refractivity (Wildman–Crippen MR) is 115 cm³/mol. The number of piperazine rings is 1. The van der Waals surface area contributed by atoms with Crippen molar-refractivity contribution in [2.75, 3.05) is 26.2 Å². The molecule has 4 rings (SSSR count). The van der Waals surface area contributed by atoms with E-state index in [2.05, 4.69) is 4.72 Å². The number of furan rings is 1. The number of benzene rings is 1. The molecule has 1 N–H and O–H groups in total. The Labute approximate surface area is 184 Å². The van der Waals surface area contributed by atoms with Gasteiger partial charge in [0.2, 0.25) is 10.0 Å². The van der Waals surface area contributed by atoms with Crippen LogP contribution in [0.15, 0.2) is 69.5 Å². The molecule has 0 spiro atoms. The van der Waals surface area contributed by atoms with E-state index in [1.54, 1.807) is 28.0 Å². The van der Waals surface area contributed by atoms with E-state index in [-0.39, 0.29) is 23.3 Å². The van der Waals surface area contributed by atoms with E-state index < -0.39 is 10.0 Å². The molecule has 0 aliphatic carbocycles. The fraction of sp³-hybridized carbons (Fsp3) is 0.238. The molecule has 1 saturated heterocycles. The van der Waals surface area contributed by atoms with Gasteiger partial charge in [0.25, 0.3) is 11.8 Å². The molecule has 2 aromatic heterocycles. The summed E-state index contributed by atoms with van der Waals surface area (Å²) in [6.07, 6.45) is 1.47. The summed E-state index contributed by atoms with van der Waals surface area (Å²) in [5.41, 5.74) is 0.406. The maximum Gasteiger partial charge on any atom is 0.264 e. The average molecular weight is 460 g/mol. The fourth-order valence-electron chi connectivity index (χ4n) is 3.29. The van der Waals surface area contributed by atoms with Crippen molar-refractivity contribution in [1.82, 2.24) is 14.5 Å². The summed E-state index contributed by atoms with van der Waals surface area (Å²) in [7, 11) is -3.72. The molecule has 10 heteroatoms. The van der Waals surface area contributed by atoms with E-state index in [1.807, 2.05) is 11.4 Å². The number of nitrogens with zero attached hydrogens (tertiary/aromatic N) is 2. The van der Waals surface area contributed by atoms with Crippen LogP contribution in [0.5, 0.6) is 0 Å². The van der Waals surface area contributed by atoms with Gasteiger partial charge < -0.3 is 14.2 Å². The summed E-state index contributed by atoms with van der Waals surface area (Å²) in [6.45, 7) is 1.84. The number of sulfonamides is 1. The lowest BCUT2D eigenvalue weighted by atomic mass is 10.2. The number of nitrogens with one attached hydrogen (secondary N) is 1. The van der Waals surface area contributed by atoms with Crippen molar-refractivity contribution >= 4 is 33.2 Å². The van der Waals surface area contributed by atoms with Gasteiger partial charge in [-0.05, 0) is 47.8 Å². The SMILES string of the molecule is O=C(c1ccc(S(=O)(=O)NCc2ccco2)cc1)N1CCN(C(=O)c2cccs2)CC1. The highest BCUT2D eigenvalue weighted by Gasteiger charge is 2.26. The predicted octanol–water partition coefficient (Wildman–Crippen LogP) is 2.42. The van der Waals surface area contributed by atoms with Gasteiger partial charge in [-0.2, -0.15) is 0 Å². The summed E-state index contributed by atoms with van der Waals surface area (Å²) in [5, 5.41) is 1.86. The molecular formula is C21H21N3O5S2. The molecule has 0 atom stereocenters. The van der Waals surface area contributed by atoms with Crippen molar-refractivity contribution in [3.63, 3.8) is 0 Å². The third-order valence-electron chi connectivity index (χ3n) is 5.01. The van der Waals surface area contributed by atoms with Crippen molar-refractivity contribution in [1.29, 1.82) is 0 Å². The molecule has 1 aromatic carbocycles. The molecule has 3 aromatic rings. The van der Waals surface area contributed by atoms with E-state index in [0.29, 0.717) is 42.4 Å². The van der Waals surface area contributed by atoms with E-state index >= 15 is 0 Å². The largest absolute Gasteiger partial charge is 0.468 e. The molecule has 0 saturated carbocycles. The highest BCUT2D eigenvalue weighted by atomic mass is 32.2. The van der Waals surface area contributed by atoms with Gasteiger partial charge >= 0.3 is 0 Å². The minimum Gasteiger partial charge on any atom is -0.468 e. The van der Waals surface area contributed by atoms with Crippen LogP contribution in [0.3, 0.4) is 0 Å². The number of amides is 2. The fourth-order valence-corrected chi connectivity index (χ4v) is 4.97. The van der Waals surface area contributed by atoms with Gasteiger partial charge in [-0.25, -0.2) is 13.1 Å². The van der Waals surface area contributed by atoms with Crippen molar-refractivity contribution in [2.45, 2.75) is 11.4 Å². The first-order valence-corrected chi connectivity index (χ1v) is 12.0. The van der Waals surface area contributed by atoms with Crippen LogP contribution in [0, 0.1) is 0 Å². The monoisotopic (exact) mass is 459 g/mol. The topological polar surface area (TPSA) is 99.9 Å². The Morgan fingerprint density at radius 3 is 2.19 bits per heavy atom. The van der Waals surface area contributed by atoms with Crippen LogP contribution in [-0.4, -0.2) is 56.2 Å². The number of carbonyl (C=O) groups excluding carboxylic acids is 2. The first kappa shape index (κ1) is 21.3. The standard InChI is InChI=1S/C21H21N3O5S2/c25-20(23-9-11-24(12-10-23)21(26)19-4-2-14-30-19)16-5-7-18(8-6-16)31(27,28)22-15-17-3-1-13-29-17/h1-8,13-14,22H,9-12,15H2. The zero-order valence-electron chi connectivity index (χ0n) is 16.6. The van der Waals surface area contributed by atoms with Crippen LogP contribution in [0.2, 0.25) is 0 Å². The van der Waals surface area contributed by atoms with Crippen LogP contribution in [-0.2, 0) is 16.6 Å². The summed E-state index contributed by atoms with van der Waals surface area (Å²) in [6, 6.07) is 12.8. The molecule has 3 heterocycles. The van der Waals surface area contributed by atoms with E-state index in [1.165, 1.54) is 41.9 Å². The first-order chi connectivity index (χ1) is 14.9. The van der Waals surface area contributed by atoms with Crippen molar-refractivity contribution in [2.24, 2.45) is 0 Å². The van der Waals surface area contributed by atoms with Gasteiger partial charge in [0.15, 0.2) is 0 Å². The van der Waals surface area contributed by atoms with E-state index in [0.717, 1.165) is 0 Å². The molecule has 31 heavy (non-hydrogen) atoms. The summed E-state index contributed by atoms with van der Waals surface area (Å²) < 4.78 is 32.4. The van der Waals surface area contributed by atoms with Crippen molar-refractivity contribution in [3.8, 4) is 0 Å². The van der Waals surface area contributed by atoms with Crippen LogP contribution >= 0.6 is 11.3 Å². The number of hydrogen-bond donors (Lipinski definition) is 1.